The maximum Gasteiger partial charge on any atom is 0.410 e. The van der Waals surface area contributed by atoms with Crippen LogP contribution in [0.25, 0.3) is 10.8 Å². The number of nitriles is 1. The highest BCUT2D eigenvalue weighted by molar-refractivity contribution is 6.36. The van der Waals surface area contributed by atoms with Crippen molar-refractivity contribution in [1.29, 1.82) is 5.26 Å². The molecule has 0 N–H and O–H groups in total. The van der Waals surface area contributed by atoms with E-state index in [4.69, 9.17) is 35.8 Å². The average Bonchev–Trinajstić information content (AvgIpc) is 3.98. The molecule has 14 heteroatoms. The van der Waals surface area contributed by atoms with E-state index in [0.29, 0.717) is 50.2 Å². The van der Waals surface area contributed by atoms with Crippen molar-refractivity contribution < 1.29 is 23.8 Å². The first kappa shape index (κ1) is 39.5. The number of carbonyl (C=O) groups excluding carboxylic acids is 2. The lowest BCUT2D eigenvalue weighted by molar-refractivity contribution is -0.0288. The predicted octanol–water partition coefficient (Wildman–Crippen LogP) is 7.05. The molecule has 4 aliphatic rings. The Labute approximate surface area is 345 Å². The number of nitrogens with zero attached hydrogens (tertiary/aromatic N) is 8. The Morgan fingerprint density at radius 2 is 1.72 bits per heavy atom. The molecule has 2 saturated heterocycles. The smallest absolute Gasteiger partial charge is 0.410 e. The van der Waals surface area contributed by atoms with Crippen LogP contribution in [0.4, 0.5) is 21.1 Å². The van der Waals surface area contributed by atoms with Crippen LogP contribution in [0.15, 0.2) is 66.7 Å². The zero-order valence-corrected chi connectivity index (χ0v) is 34.5. The van der Waals surface area contributed by atoms with Crippen LogP contribution >= 0.6 is 11.6 Å². The summed E-state index contributed by atoms with van der Waals surface area (Å²) in [5.74, 6) is 0.781. The van der Waals surface area contributed by atoms with E-state index < -0.39 is 11.7 Å². The van der Waals surface area contributed by atoms with E-state index in [9.17, 15) is 14.9 Å². The van der Waals surface area contributed by atoms with Crippen LogP contribution in [0.1, 0.15) is 56.9 Å². The number of benzene rings is 3. The fraction of sp³-hybridized carbons (Fsp3) is 0.477. The number of carbonyl (C=O) groups is 2. The van der Waals surface area contributed by atoms with Crippen LogP contribution in [0.2, 0.25) is 5.02 Å². The van der Waals surface area contributed by atoms with Gasteiger partial charge in [0.05, 0.1) is 47.4 Å². The molecule has 0 spiro atoms. The molecule has 1 saturated carbocycles. The number of ether oxygens (including phenoxy) is 3. The predicted molar refractivity (Wildman–Crippen MR) is 222 cm³/mol. The first-order chi connectivity index (χ1) is 27.9. The Hall–Kier alpha value is -5.32. The van der Waals surface area contributed by atoms with Gasteiger partial charge in [0.2, 0.25) is 0 Å². The zero-order valence-electron chi connectivity index (χ0n) is 33.7. The Morgan fingerprint density at radius 3 is 2.45 bits per heavy atom. The second-order valence-corrected chi connectivity index (χ2v) is 17.3. The van der Waals surface area contributed by atoms with Crippen LogP contribution in [-0.4, -0.2) is 113 Å². The molecule has 3 aliphatic heterocycles. The number of hydrogen-bond donors (Lipinski definition) is 0. The van der Waals surface area contributed by atoms with Crippen molar-refractivity contribution >= 4 is 46.1 Å². The number of piperazine rings is 1. The van der Waals surface area contributed by atoms with Gasteiger partial charge in [0.25, 0.3) is 0 Å². The van der Waals surface area contributed by atoms with Gasteiger partial charge in [0, 0.05) is 63.0 Å². The minimum absolute atomic E-state index is 0.0723. The highest BCUT2D eigenvalue weighted by Gasteiger charge is 2.54. The van der Waals surface area contributed by atoms with E-state index in [0.717, 1.165) is 71.6 Å². The normalized spacial score (nSPS) is 19.2. The number of likely N-dealkylation sites (tertiary alicyclic amines) is 1. The SMILES string of the molecule is CN(C(=O)OC(C)(C)C)C1CN(C2(COc3nc4c(c(N5CCN(C(=O)OCc6ccccc6)[C@@H](CC#N)C5)n3)CCN(c3cccc5cccc(Cl)c35)C4)CC2)C1. The molecule has 1 aromatic heterocycles. The summed E-state index contributed by atoms with van der Waals surface area (Å²) < 4.78 is 17.9. The minimum atomic E-state index is -0.550. The summed E-state index contributed by atoms with van der Waals surface area (Å²) in [7, 11) is 1.80. The van der Waals surface area contributed by atoms with Crippen molar-refractivity contribution in [3.05, 3.63) is 88.6 Å². The topological polar surface area (TPSA) is 128 Å². The lowest BCUT2D eigenvalue weighted by Gasteiger charge is -2.48. The van der Waals surface area contributed by atoms with E-state index in [1.165, 1.54) is 0 Å². The summed E-state index contributed by atoms with van der Waals surface area (Å²) in [5.41, 5.74) is 3.19. The van der Waals surface area contributed by atoms with E-state index in [-0.39, 0.29) is 36.7 Å². The summed E-state index contributed by atoms with van der Waals surface area (Å²) in [6.45, 7) is 10.3. The molecular formula is C44H51ClN8O5. The quantitative estimate of drug-likeness (QED) is 0.164. The fourth-order valence-corrected chi connectivity index (χ4v) is 8.57. The van der Waals surface area contributed by atoms with Gasteiger partial charge in [-0.2, -0.15) is 15.2 Å². The Kier molecular flexibility index (Phi) is 11.0. The molecule has 2 amide bonds. The van der Waals surface area contributed by atoms with Gasteiger partial charge in [-0.25, -0.2) is 9.59 Å². The maximum atomic E-state index is 13.4. The molecule has 304 valence electrons. The molecule has 4 heterocycles. The van der Waals surface area contributed by atoms with Gasteiger partial charge in [-0.1, -0.05) is 66.2 Å². The molecule has 13 nitrogen and oxygen atoms in total. The summed E-state index contributed by atoms with van der Waals surface area (Å²) in [6, 6.07) is 24.1. The number of likely N-dealkylation sites (N-methyl/N-ethyl adjacent to an activating group) is 1. The van der Waals surface area contributed by atoms with E-state index >= 15 is 0 Å². The van der Waals surface area contributed by atoms with E-state index in [1.807, 2.05) is 63.2 Å². The van der Waals surface area contributed by atoms with Gasteiger partial charge < -0.3 is 33.8 Å². The monoisotopic (exact) mass is 806 g/mol. The largest absolute Gasteiger partial charge is 0.461 e. The molecule has 8 rings (SSSR count). The highest BCUT2D eigenvalue weighted by atomic mass is 35.5. The molecule has 3 fully saturated rings. The number of amides is 2. The number of rotatable bonds is 10. The Balaban J connectivity index is 1.02. The van der Waals surface area contributed by atoms with Crippen molar-refractivity contribution in [2.75, 3.05) is 62.7 Å². The highest BCUT2D eigenvalue weighted by Crippen LogP contribution is 2.45. The average molecular weight is 807 g/mol. The third-order valence-corrected chi connectivity index (χ3v) is 12.1. The van der Waals surface area contributed by atoms with Gasteiger partial charge in [0.15, 0.2) is 0 Å². The lowest BCUT2D eigenvalue weighted by Crippen LogP contribution is -2.64. The summed E-state index contributed by atoms with van der Waals surface area (Å²) in [4.78, 5) is 46.5. The fourth-order valence-electron chi connectivity index (χ4n) is 8.30. The Morgan fingerprint density at radius 1 is 0.966 bits per heavy atom. The summed E-state index contributed by atoms with van der Waals surface area (Å²) >= 11 is 6.79. The standard InChI is InChI=1S/C44H51ClN8O5/c1-43(2,3)58-41(54)49(4)33-25-52(26-33)44(18-19-44)29-57-40-47-36-27-50(37-15-9-13-31-12-8-14-35(45)38(31)37)21-17-34(36)39(48-40)51-22-23-53(32(24-51)16-20-46)42(55)56-28-30-10-6-5-7-11-30/h5-15,32-33H,16-19,21-29H2,1-4H3/t32-/m0/s1. The second-order valence-electron chi connectivity index (χ2n) is 16.9. The van der Waals surface area contributed by atoms with Gasteiger partial charge in [0.1, 0.15) is 24.6 Å². The van der Waals surface area contributed by atoms with Gasteiger partial charge in [-0.15, -0.1) is 0 Å². The first-order valence-corrected chi connectivity index (χ1v) is 20.5. The van der Waals surface area contributed by atoms with Crippen LogP contribution in [0.3, 0.4) is 0 Å². The van der Waals surface area contributed by atoms with Crippen LogP contribution < -0.4 is 14.5 Å². The maximum absolute atomic E-state index is 13.4. The molecule has 58 heavy (non-hydrogen) atoms. The van der Waals surface area contributed by atoms with E-state index in [2.05, 4.69) is 45.0 Å². The van der Waals surface area contributed by atoms with Gasteiger partial charge in [-0.3, -0.25) is 4.90 Å². The molecule has 0 bridgehead atoms. The van der Waals surface area contributed by atoms with Crippen molar-refractivity contribution in [1.82, 2.24) is 24.7 Å². The van der Waals surface area contributed by atoms with Gasteiger partial charge in [-0.05, 0) is 63.1 Å². The third-order valence-electron chi connectivity index (χ3n) is 11.8. The number of fused-ring (bicyclic) bond motifs is 2. The van der Waals surface area contributed by atoms with E-state index in [1.54, 1.807) is 16.8 Å². The first-order valence-electron chi connectivity index (χ1n) is 20.2. The molecule has 3 aromatic carbocycles. The van der Waals surface area contributed by atoms with Gasteiger partial charge >= 0.3 is 18.2 Å². The number of anilines is 2. The minimum Gasteiger partial charge on any atom is -0.461 e. The zero-order chi connectivity index (χ0) is 40.6. The van der Waals surface area contributed by atoms with Crippen LogP contribution in [0.5, 0.6) is 6.01 Å². The number of aromatic nitrogens is 2. The molecule has 1 atom stereocenters. The Bertz CT molecular complexity index is 2190. The summed E-state index contributed by atoms with van der Waals surface area (Å²) in [5, 5.41) is 12.6. The third kappa shape index (κ3) is 8.31. The molecular weight excluding hydrogens is 756 g/mol. The number of hydrogen-bond acceptors (Lipinski definition) is 11. The molecule has 0 radical (unpaired) electrons. The lowest BCUT2D eigenvalue weighted by atomic mass is 10.0. The molecule has 0 unspecified atom stereocenters. The van der Waals surface area contributed by atoms with Crippen molar-refractivity contribution in [2.45, 2.75) is 82.8 Å². The summed E-state index contributed by atoms with van der Waals surface area (Å²) in [6.07, 6.45) is 2.09. The number of halogens is 1. The van der Waals surface area contributed by atoms with Crippen molar-refractivity contribution in [2.24, 2.45) is 0 Å². The molecule has 1 aliphatic carbocycles. The van der Waals surface area contributed by atoms with Crippen molar-refractivity contribution in [3.63, 3.8) is 0 Å². The van der Waals surface area contributed by atoms with Crippen molar-refractivity contribution in [3.8, 4) is 12.1 Å². The second kappa shape index (κ2) is 16.1. The van der Waals surface area contributed by atoms with Crippen LogP contribution in [0, 0.1) is 11.3 Å². The van der Waals surface area contributed by atoms with Crippen LogP contribution in [-0.2, 0) is 29.0 Å². The molecule has 4 aromatic rings.